The summed E-state index contributed by atoms with van der Waals surface area (Å²) >= 11 is 1.79. The Morgan fingerprint density at radius 2 is 2.38 bits per heavy atom. The van der Waals surface area contributed by atoms with E-state index in [4.69, 9.17) is 0 Å². The average molecular weight is 235 g/mol. The average Bonchev–Trinajstić information content (AvgIpc) is 2.84. The van der Waals surface area contributed by atoms with E-state index in [1.165, 1.54) is 10.4 Å². The summed E-state index contributed by atoms with van der Waals surface area (Å²) in [6, 6.07) is 2.39. The van der Waals surface area contributed by atoms with Crippen LogP contribution in [0, 0.1) is 6.92 Å². The van der Waals surface area contributed by atoms with Crippen molar-refractivity contribution in [3.8, 4) is 0 Å². The Morgan fingerprint density at radius 3 is 2.88 bits per heavy atom. The van der Waals surface area contributed by atoms with Crippen LogP contribution >= 0.6 is 11.3 Å². The molecule has 1 N–H and O–H groups in total. The van der Waals surface area contributed by atoms with Crippen molar-refractivity contribution in [1.29, 1.82) is 0 Å². The molecular weight excluding hydrogens is 218 g/mol. The molecule has 1 atom stereocenters. The second-order valence-electron chi connectivity index (χ2n) is 3.92. The molecule has 1 unspecified atom stereocenters. The van der Waals surface area contributed by atoms with Crippen LogP contribution in [0.3, 0.4) is 0 Å². The third-order valence-corrected chi connectivity index (χ3v) is 3.68. The molecule has 0 radical (unpaired) electrons. The van der Waals surface area contributed by atoms with E-state index in [0.29, 0.717) is 0 Å². The van der Waals surface area contributed by atoms with Gasteiger partial charge in [0.05, 0.1) is 18.1 Å². The van der Waals surface area contributed by atoms with Crippen LogP contribution in [0.25, 0.3) is 0 Å². The van der Waals surface area contributed by atoms with Crippen molar-refractivity contribution in [2.24, 2.45) is 7.05 Å². The molecule has 3 nitrogen and oxygen atoms in total. The first kappa shape index (κ1) is 11.4. The summed E-state index contributed by atoms with van der Waals surface area (Å²) in [7, 11) is 2.00. The van der Waals surface area contributed by atoms with Crippen LogP contribution in [0.1, 0.15) is 29.1 Å². The Balaban J connectivity index is 2.34. The highest BCUT2D eigenvalue weighted by Crippen LogP contribution is 2.28. The smallest absolute Gasteiger partial charge is 0.0947 e. The summed E-state index contributed by atoms with van der Waals surface area (Å²) in [6.07, 6.45) is 3.93. The molecule has 0 saturated heterocycles. The van der Waals surface area contributed by atoms with Crippen molar-refractivity contribution in [1.82, 2.24) is 14.9 Å². The summed E-state index contributed by atoms with van der Waals surface area (Å²) in [6.45, 7) is 5.22. The first-order valence-corrected chi connectivity index (χ1v) is 6.35. The SMILES string of the molecule is CCNC(c1cn(C)cn1)c1sccc1C. The van der Waals surface area contributed by atoms with E-state index < -0.39 is 0 Å². The minimum absolute atomic E-state index is 0.228. The maximum Gasteiger partial charge on any atom is 0.0947 e. The zero-order chi connectivity index (χ0) is 11.5. The number of hydrogen-bond acceptors (Lipinski definition) is 3. The lowest BCUT2D eigenvalue weighted by Gasteiger charge is -2.15. The van der Waals surface area contributed by atoms with Gasteiger partial charge in [-0.25, -0.2) is 4.98 Å². The third-order valence-electron chi connectivity index (χ3n) is 2.59. The molecule has 2 aromatic rings. The highest BCUT2D eigenvalue weighted by Gasteiger charge is 2.18. The molecule has 86 valence electrons. The summed E-state index contributed by atoms with van der Waals surface area (Å²) in [5.41, 5.74) is 2.43. The highest BCUT2D eigenvalue weighted by molar-refractivity contribution is 7.10. The van der Waals surface area contributed by atoms with Gasteiger partial charge in [-0.05, 0) is 30.5 Å². The van der Waals surface area contributed by atoms with Crippen LogP contribution in [-0.4, -0.2) is 16.1 Å². The van der Waals surface area contributed by atoms with Crippen molar-refractivity contribution >= 4 is 11.3 Å². The van der Waals surface area contributed by atoms with Gasteiger partial charge in [0.2, 0.25) is 0 Å². The number of imidazole rings is 1. The Hall–Kier alpha value is -1.13. The van der Waals surface area contributed by atoms with Crippen LogP contribution < -0.4 is 5.32 Å². The molecule has 2 heterocycles. The Bertz CT molecular complexity index is 458. The van der Waals surface area contributed by atoms with Gasteiger partial charge < -0.3 is 9.88 Å². The number of nitrogens with one attached hydrogen (secondary N) is 1. The monoisotopic (exact) mass is 235 g/mol. The number of rotatable bonds is 4. The highest BCUT2D eigenvalue weighted by atomic mass is 32.1. The maximum absolute atomic E-state index is 4.44. The van der Waals surface area contributed by atoms with E-state index in [2.05, 4.69) is 41.8 Å². The van der Waals surface area contributed by atoms with E-state index in [0.717, 1.165) is 12.2 Å². The predicted molar refractivity (Wildman–Crippen MR) is 67.8 cm³/mol. The standard InChI is InChI=1S/C12H17N3S/c1-4-13-11(10-7-15(3)8-14-10)12-9(2)5-6-16-12/h5-8,11,13H,4H2,1-3H3. The third kappa shape index (κ3) is 2.18. The fourth-order valence-corrected chi connectivity index (χ4v) is 2.81. The molecule has 2 rings (SSSR count). The molecule has 16 heavy (non-hydrogen) atoms. The second kappa shape index (κ2) is 4.80. The number of thiophene rings is 1. The van der Waals surface area contributed by atoms with Gasteiger partial charge in [-0.1, -0.05) is 6.92 Å². The molecule has 0 bridgehead atoms. The lowest BCUT2D eigenvalue weighted by Crippen LogP contribution is -2.22. The van der Waals surface area contributed by atoms with E-state index in [-0.39, 0.29) is 6.04 Å². The summed E-state index contributed by atoms with van der Waals surface area (Å²) < 4.78 is 1.99. The van der Waals surface area contributed by atoms with Crippen molar-refractivity contribution in [3.63, 3.8) is 0 Å². The molecule has 0 spiro atoms. The number of aromatic nitrogens is 2. The Labute approximate surface area is 100 Å². The van der Waals surface area contributed by atoms with Crippen LogP contribution in [-0.2, 0) is 7.05 Å². The second-order valence-corrected chi connectivity index (χ2v) is 4.87. The Morgan fingerprint density at radius 1 is 1.56 bits per heavy atom. The topological polar surface area (TPSA) is 29.9 Å². The quantitative estimate of drug-likeness (QED) is 0.882. The summed E-state index contributed by atoms with van der Waals surface area (Å²) in [5.74, 6) is 0. The number of nitrogens with zero attached hydrogens (tertiary/aromatic N) is 2. The van der Waals surface area contributed by atoms with Crippen molar-refractivity contribution in [2.45, 2.75) is 19.9 Å². The first-order chi connectivity index (χ1) is 7.72. The van der Waals surface area contributed by atoms with E-state index in [1.54, 1.807) is 11.3 Å². The fraction of sp³-hybridized carbons (Fsp3) is 0.417. The molecule has 2 aromatic heterocycles. The van der Waals surface area contributed by atoms with Gasteiger partial charge in [0.1, 0.15) is 0 Å². The molecular formula is C12H17N3S. The molecule has 0 aliphatic rings. The molecule has 4 heteroatoms. The molecule has 0 amide bonds. The number of hydrogen-bond donors (Lipinski definition) is 1. The Kier molecular flexibility index (Phi) is 3.41. The lowest BCUT2D eigenvalue weighted by molar-refractivity contribution is 0.624. The van der Waals surface area contributed by atoms with E-state index in [1.807, 2.05) is 17.9 Å². The largest absolute Gasteiger partial charge is 0.340 e. The van der Waals surface area contributed by atoms with Crippen molar-refractivity contribution in [3.05, 3.63) is 40.1 Å². The van der Waals surface area contributed by atoms with Gasteiger partial charge in [-0.3, -0.25) is 0 Å². The van der Waals surface area contributed by atoms with Crippen LogP contribution in [0.4, 0.5) is 0 Å². The lowest BCUT2D eigenvalue weighted by atomic mass is 10.1. The van der Waals surface area contributed by atoms with Gasteiger partial charge in [-0.15, -0.1) is 11.3 Å². The van der Waals surface area contributed by atoms with E-state index in [9.17, 15) is 0 Å². The fourth-order valence-electron chi connectivity index (χ4n) is 1.80. The molecule has 0 saturated carbocycles. The first-order valence-electron chi connectivity index (χ1n) is 5.47. The van der Waals surface area contributed by atoms with Gasteiger partial charge in [0, 0.05) is 18.1 Å². The van der Waals surface area contributed by atoms with Crippen molar-refractivity contribution in [2.75, 3.05) is 6.54 Å². The summed E-state index contributed by atoms with van der Waals surface area (Å²) in [5, 5.41) is 5.63. The normalized spacial score (nSPS) is 12.9. The molecule has 0 aliphatic heterocycles. The minimum atomic E-state index is 0.228. The zero-order valence-corrected chi connectivity index (χ0v) is 10.7. The van der Waals surface area contributed by atoms with Gasteiger partial charge in [0.15, 0.2) is 0 Å². The van der Waals surface area contributed by atoms with Crippen molar-refractivity contribution < 1.29 is 0 Å². The molecule has 0 aliphatic carbocycles. The molecule has 0 fully saturated rings. The van der Waals surface area contributed by atoms with Gasteiger partial charge in [-0.2, -0.15) is 0 Å². The van der Waals surface area contributed by atoms with Crippen LogP contribution in [0.15, 0.2) is 24.0 Å². The minimum Gasteiger partial charge on any atom is -0.340 e. The zero-order valence-electron chi connectivity index (χ0n) is 9.90. The van der Waals surface area contributed by atoms with Gasteiger partial charge in [0.25, 0.3) is 0 Å². The van der Waals surface area contributed by atoms with E-state index >= 15 is 0 Å². The maximum atomic E-state index is 4.44. The van der Waals surface area contributed by atoms with Crippen LogP contribution in [0.2, 0.25) is 0 Å². The summed E-state index contributed by atoms with van der Waals surface area (Å²) in [4.78, 5) is 5.80. The molecule has 0 aromatic carbocycles. The van der Waals surface area contributed by atoms with Gasteiger partial charge >= 0.3 is 0 Å². The number of aryl methyl sites for hydroxylation is 2. The van der Waals surface area contributed by atoms with Crippen LogP contribution in [0.5, 0.6) is 0 Å². The predicted octanol–water partition coefficient (Wildman–Crippen LogP) is 2.49.